The van der Waals surface area contributed by atoms with Crippen LogP contribution in [0.3, 0.4) is 0 Å². The number of hydrogen-bond donors (Lipinski definition) is 3. The van der Waals surface area contributed by atoms with Gasteiger partial charge in [0.25, 0.3) is 5.91 Å². The summed E-state index contributed by atoms with van der Waals surface area (Å²) in [4.78, 5) is 23.6. The third-order valence-electron chi connectivity index (χ3n) is 3.00. The maximum Gasteiger partial charge on any atom is 0.337 e. The number of urea groups is 1. The van der Waals surface area contributed by atoms with Crippen molar-refractivity contribution in [1.82, 2.24) is 10.9 Å². The zero-order valence-electron chi connectivity index (χ0n) is 12.4. The minimum absolute atomic E-state index is 0.371. The molecule has 3 amide bonds. The van der Waals surface area contributed by atoms with Crippen LogP contribution in [0.4, 0.5) is 10.5 Å². The molecule has 0 saturated heterocycles. The smallest absolute Gasteiger partial charge is 0.337 e. The lowest BCUT2D eigenvalue weighted by Gasteiger charge is -2.09. The fourth-order valence-corrected chi connectivity index (χ4v) is 2.05. The Bertz CT molecular complexity index is 725. The van der Waals surface area contributed by atoms with Crippen LogP contribution in [-0.4, -0.2) is 11.9 Å². The van der Waals surface area contributed by atoms with Crippen molar-refractivity contribution < 1.29 is 14.0 Å². The monoisotopic (exact) mass is 321 g/mol. The molecular formula is C15H16ClN3O3. The summed E-state index contributed by atoms with van der Waals surface area (Å²) in [7, 11) is 0. The van der Waals surface area contributed by atoms with Crippen molar-refractivity contribution in [3.63, 3.8) is 0 Å². The summed E-state index contributed by atoms with van der Waals surface area (Å²) >= 11 is 5.97. The number of hydrazine groups is 1. The Labute approximate surface area is 132 Å². The quantitative estimate of drug-likeness (QED) is 0.742. The normalized spacial score (nSPS) is 10.2. The minimum atomic E-state index is -0.578. The third-order valence-corrected chi connectivity index (χ3v) is 3.41. The second kappa shape index (κ2) is 6.53. The van der Waals surface area contributed by atoms with Crippen molar-refractivity contribution >= 4 is 29.2 Å². The van der Waals surface area contributed by atoms with Gasteiger partial charge in [-0.2, -0.15) is 0 Å². The van der Waals surface area contributed by atoms with Gasteiger partial charge in [0.05, 0.1) is 5.56 Å². The Hall–Kier alpha value is -2.47. The number of rotatable bonds is 2. The molecule has 0 unspecified atom stereocenters. The van der Waals surface area contributed by atoms with Crippen molar-refractivity contribution in [2.75, 3.05) is 5.32 Å². The molecule has 0 spiro atoms. The van der Waals surface area contributed by atoms with E-state index in [-0.39, 0.29) is 0 Å². The van der Waals surface area contributed by atoms with E-state index in [2.05, 4.69) is 16.2 Å². The van der Waals surface area contributed by atoms with Crippen molar-refractivity contribution in [3.8, 4) is 0 Å². The molecule has 0 aliphatic heterocycles. The zero-order chi connectivity index (χ0) is 16.3. The first-order valence-corrected chi connectivity index (χ1v) is 6.95. The van der Waals surface area contributed by atoms with E-state index in [4.69, 9.17) is 16.0 Å². The Kier molecular flexibility index (Phi) is 4.72. The van der Waals surface area contributed by atoms with E-state index in [0.717, 1.165) is 5.56 Å². The van der Waals surface area contributed by atoms with Crippen LogP contribution in [0.2, 0.25) is 5.02 Å². The number of benzene rings is 1. The number of halogens is 1. The van der Waals surface area contributed by atoms with Crippen LogP contribution in [0, 0.1) is 20.8 Å². The van der Waals surface area contributed by atoms with Crippen LogP contribution >= 0.6 is 11.6 Å². The van der Waals surface area contributed by atoms with E-state index >= 15 is 0 Å². The Balaban J connectivity index is 1.91. The predicted octanol–water partition coefficient (Wildman–Crippen LogP) is 3.32. The minimum Gasteiger partial charge on any atom is -0.466 e. The third kappa shape index (κ3) is 3.79. The van der Waals surface area contributed by atoms with Crippen LogP contribution in [-0.2, 0) is 0 Å². The molecule has 2 aromatic rings. The van der Waals surface area contributed by atoms with Crippen LogP contribution in [0.25, 0.3) is 0 Å². The summed E-state index contributed by atoms with van der Waals surface area (Å²) in [5.41, 5.74) is 6.38. The second-order valence-corrected chi connectivity index (χ2v) is 5.23. The first-order chi connectivity index (χ1) is 10.4. The molecule has 0 saturated carbocycles. The number of aryl methyl sites for hydroxylation is 3. The van der Waals surface area contributed by atoms with Gasteiger partial charge in [0.15, 0.2) is 0 Å². The highest BCUT2D eigenvalue weighted by Gasteiger charge is 2.14. The Morgan fingerprint density at radius 1 is 1.09 bits per heavy atom. The number of furan rings is 1. The number of nitrogens with one attached hydrogen (secondary N) is 3. The van der Waals surface area contributed by atoms with Crippen molar-refractivity contribution in [2.24, 2.45) is 0 Å². The van der Waals surface area contributed by atoms with E-state index in [1.54, 1.807) is 38.1 Å². The highest BCUT2D eigenvalue weighted by atomic mass is 35.5. The van der Waals surface area contributed by atoms with Crippen molar-refractivity contribution in [2.45, 2.75) is 20.8 Å². The molecule has 0 atom stereocenters. The van der Waals surface area contributed by atoms with Crippen molar-refractivity contribution in [1.29, 1.82) is 0 Å². The number of hydrogen-bond acceptors (Lipinski definition) is 3. The van der Waals surface area contributed by atoms with Gasteiger partial charge in [-0.25, -0.2) is 10.2 Å². The molecule has 0 aliphatic carbocycles. The summed E-state index contributed by atoms with van der Waals surface area (Å²) in [6.45, 7) is 5.28. The topological polar surface area (TPSA) is 83.4 Å². The Morgan fingerprint density at radius 3 is 2.41 bits per heavy atom. The van der Waals surface area contributed by atoms with Crippen molar-refractivity contribution in [3.05, 3.63) is 51.9 Å². The molecular weight excluding hydrogens is 306 g/mol. The van der Waals surface area contributed by atoms with Crippen LogP contribution in [0.1, 0.15) is 27.4 Å². The number of carbonyl (C=O) groups is 2. The molecule has 7 heteroatoms. The van der Waals surface area contributed by atoms with Gasteiger partial charge in [0.2, 0.25) is 0 Å². The van der Waals surface area contributed by atoms with Gasteiger partial charge in [-0.05, 0) is 44.5 Å². The van der Waals surface area contributed by atoms with E-state index in [0.29, 0.717) is 27.8 Å². The van der Waals surface area contributed by atoms with Gasteiger partial charge < -0.3 is 9.73 Å². The lowest BCUT2D eigenvalue weighted by molar-refractivity contribution is 0.0936. The highest BCUT2D eigenvalue weighted by Crippen LogP contribution is 2.19. The van der Waals surface area contributed by atoms with Gasteiger partial charge in [0, 0.05) is 10.7 Å². The molecule has 0 aliphatic rings. The van der Waals surface area contributed by atoms with Gasteiger partial charge in [-0.15, -0.1) is 0 Å². The van der Waals surface area contributed by atoms with Gasteiger partial charge in [-0.3, -0.25) is 10.2 Å². The molecule has 6 nitrogen and oxygen atoms in total. The largest absolute Gasteiger partial charge is 0.466 e. The zero-order valence-corrected chi connectivity index (χ0v) is 13.2. The molecule has 0 radical (unpaired) electrons. The van der Waals surface area contributed by atoms with Crippen LogP contribution in [0.15, 0.2) is 28.7 Å². The summed E-state index contributed by atoms with van der Waals surface area (Å²) in [5.74, 6) is 0.662. The molecule has 0 fully saturated rings. The molecule has 1 aromatic heterocycles. The van der Waals surface area contributed by atoms with Crippen LogP contribution in [0.5, 0.6) is 0 Å². The van der Waals surface area contributed by atoms with Crippen LogP contribution < -0.4 is 16.2 Å². The molecule has 116 valence electrons. The Morgan fingerprint density at radius 2 is 1.82 bits per heavy atom. The summed E-state index contributed by atoms with van der Waals surface area (Å²) in [6.07, 6.45) is 0. The first kappa shape index (κ1) is 15.9. The predicted molar refractivity (Wildman–Crippen MR) is 84.0 cm³/mol. The maximum absolute atomic E-state index is 11.9. The van der Waals surface area contributed by atoms with E-state index in [9.17, 15) is 9.59 Å². The van der Waals surface area contributed by atoms with E-state index in [1.807, 2.05) is 6.92 Å². The summed E-state index contributed by atoms with van der Waals surface area (Å²) in [5, 5.41) is 3.11. The SMILES string of the molecule is Cc1cc(C(=O)NNC(=O)Nc2ccc(C)c(Cl)c2)c(C)o1. The van der Waals surface area contributed by atoms with E-state index in [1.165, 1.54) is 0 Å². The number of amides is 3. The standard InChI is InChI=1S/C15H16ClN3O3/c1-8-4-5-11(7-13(8)16)17-15(21)19-18-14(20)12-6-9(2)22-10(12)3/h4-7H,1-3H3,(H,18,20)(H2,17,19,21). The van der Waals surface area contributed by atoms with Gasteiger partial charge >= 0.3 is 6.03 Å². The summed E-state index contributed by atoms with van der Waals surface area (Å²) < 4.78 is 5.26. The number of anilines is 1. The lowest BCUT2D eigenvalue weighted by atomic mass is 10.2. The maximum atomic E-state index is 11.9. The molecule has 1 heterocycles. The average molecular weight is 322 g/mol. The molecule has 22 heavy (non-hydrogen) atoms. The fraction of sp³-hybridized carbons (Fsp3) is 0.200. The van der Waals surface area contributed by atoms with Gasteiger partial charge in [0.1, 0.15) is 11.5 Å². The fourth-order valence-electron chi connectivity index (χ4n) is 1.87. The highest BCUT2D eigenvalue weighted by molar-refractivity contribution is 6.31. The first-order valence-electron chi connectivity index (χ1n) is 6.57. The number of carbonyl (C=O) groups excluding carboxylic acids is 2. The molecule has 3 N–H and O–H groups in total. The second-order valence-electron chi connectivity index (χ2n) is 4.82. The summed E-state index contributed by atoms with van der Waals surface area (Å²) in [6, 6.07) is 6.15. The van der Waals surface area contributed by atoms with Gasteiger partial charge in [-0.1, -0.05) is 17.7 Å². The van der Waals surface area contributed by atoms with E-state index < -0.39 is 11.9 Å². The average Bonchev–Trinajstić information content (AvgIpc) is 2.79. The molecule has 1 aromatic carbocycles. The molecule has 2 rings (SSSR count). The molecule has 0 bridgehead atoms. The lowest BCUT2D eigenvalue weighted by Crippen LogP contribution is -2.44.